The molecule has 0 aromatic carbocycles. The highest BCUT2D eigenvalue weighted by Gasteiger charge is 2.12. The first-order valence-corrected chi connectivity index (χ1v) is 4.76. The zero-order valence-electron chi connectivity index (χ0n) is 8.54. The summed E-state index contributed by atoms with van der Waals surface area (Å²) >= 11 is 0. The number of hydrogen-bond donors (Lipinski definition) is 1. The molecule has 0 aliphatic carbocycles. The molecule has 3 heteroatoms. The van der Waals surface area contributed by atoms with Crippen LogP contribution in [0.5, 0.6) is 0 Å². The van der Waals surface area contributed by atoms with Crippen molar-refractivity contribution in [2.24, 2.45) is 5.73 Å². The van der Waals surface area contributed by atoms with E-state index in [4.69, 9.17) is 10.2 Å². The Kier molecular flexibility index (Phi) is 3.51. The van der Waals surface area contributed by atoms with Gasteiger partial charge in [0, 0.05) is 11.1 Å². The Hall–Kier alpha value is -1.51. The van der Waals surface area contributed by atoms with Crippen molar-refractivity contribution in [3.05, 3.63) is 29.7 Å². The van der Waals surface area contributed by atoms with Gasteiger partial charge in [0.1, 0.15) is 5.76 Å². The molecular formula is C11H15NO2. The molecule has 0 bridgehead atoms. The Balaban J connectivity index is 3.17. The SMILES string of the molecule is CCC(C(N)=O)=C(CC)c1ccco1. The summed E-state index contributed by atoms with van der Waals surface area (Å²) in [5.41, 5.74) is 6.85. The van der Waals surface area contributed by atoms with E-state index in [1.54, 1.807) is 12.3 Å². The second-order valence-corrected chi connectivity index (χ2v) is 3.01. The maximum atomic E-state index is 11.1. The fraction of sp³-hybridized carbons (Fsp3) is 0.364. The van der Waals surface area contributed by atoms with Crippen LogP contribution in [0, 0.1) is 0 Å². The summed E-state index contributed by atoms with van der Waals surface area (Å²) in [7, 11) is 0. The van der Waals surface area contributed by atoms with Gasteiger partial charge in [-0.2, -0.15) is 0 Å². The molecule has 0 saturated heterocycles. The summed E-state index contributed by atoms with van der Waals surface area (Å²) in [5.74, 6) is 0.379. The van der Waals surface area contributed by atoms with Gasteiger partial charge in [0.05, 0.1) is 6.26 Å². The van der Waals surface area contributed by atoms with Gasteiger partial charge in [-0.3, -0.25) is 4.79 Å². The lowest BCUT2D eigenvalue weighted by Crippen LogP contribution is -2.15. The minimum Gasteiger partial charge on any atom is -0.465 e. The molecule has 1 amide bonds. The van der Waals surface area contributed by atoms with E-state index in [1.807, 2.05) is 19.9 Å². The van der Waals surface area contributed by atoms with Crippen LogP contribution in [0.15, 0.2) is 28.4 Å². The lowest BCUT2D eigenvalue weighted by Gasteiger charge is -2.06. The Morgan fingerprint density at radius 1 is 1.43 bits per heavy atom. The number of rotatable bonds is 4. The third-order valence-corrected chi connectivity index (χ3v) is 2.19. The van der Waals surface area contributed by atoms with Crippen molar-refractivity contribution in [1.82, 2.24) is 0 Å². The van der Waals surface area contributed by atoms with Crippen LogP contribution < -0.4 is 5.73 Å². The molecule has 14 heavy (non-hydrogen) atoms. The van der Waals surface area contributed by atoms with Gasteiger partial charge in [0.15, 0.2) is 0 Å². The maximum absolute atomic E-state index is 11.1. The van der Waals surface area contributed by atoms with Crippen LogP contribution in [0.1, 0.15) is 32.4 Å². The van der Waals surface area contributed by atoms with Crippen molar-refractivity contribution in [2.75, 3.05) is 0 Å². The minimum absolute atomic E-state index is 0.360. The molecular weight excluding hydrogens is 178 g/mol. The number of hydrogen-bond acceptors (Lipinski definition) is 2. The van der Waals surface area contributed by atoms with Gasteiger partial charge in [0.25, 0.3) is 0 Å². The first-order valence-electron chi connectivity index (χ1n) is 4.76. The zero-order valence-corrected chi connectivity index (χ0v) is 8.54. The first-order chi connectivity index (χ1) is 6.70. The van der Waals surface area contributed by atoms with Crippen molar-refractivity contribution in [1.29, 1.82) is 0 Å². The lowest BCUT2D eigenvalue weighted by molar-refractivity contribution is -0.114. The van der Waals surface area contributed by atoms with Gasteiger partial charge in [-0.05, 0) is 25.0 Å². The van der Waals surface area contributed by atoms with Gasteiger partial charge >= 0.3 is 0 Å². The molecule has 1 heterocycles. The van der Waals surface area contributed by atoms with Crippen LogP contribution in [0.3, 0.4) is 0 Å². The smallest absolute Gasteiger partial charge is 0.245 e. The minimum atomic E-state index is -0.360. The highest BCUT2D eigenvalue weighted by Crippen LogP contribution is 2.24. The number of amides is 1. The largest absolute Gasteiger partial charge is 0.465 e. The average Bonchev–Trinajstić information content (AvgIpc) is 2.65. The summed E-state index contributed by atoms with van der Waals surface area (Å²) in [6.07, 6.45) is 2.98. The Bertz CT molecular complexity index is 336. The second kappa shape index (κ2) is 4.65. The predicted octanol–water partition coefficient (Wildman–Crippen LogP) is 2.34. The van der Waals surface area contributed by atoms with E-state index in [0.717, 1.165) is 17.8 Å². The van der Waals surface area contributed by atoms with Gasteiger partial charge in [-0.15, -0.1) is 0 Å². The zero-order chi connectivity index (χ0) is 10.6. The van der Waals surface area contributed by atoms with Crippen molar-refractivity contribution < 1.29 is 9.21 Å². The molecule has 0 saturated carbocycles. The van der Waals surface area contributed by atoms with Crippen LogP contribution in [0.2, 0.25) is 0 Å². The molecule has 0 atom stereocenters. The standard InChI is InChI=1S/C11H15NO2/c1-3-8(9(4-2)11(12)13)10-6-5-7-14-10/h5-7H,3-4H2,1-2H3,(H2,12,13). The summed E-state index contributed by atoms with van der Waals surface area (Å²) < 4.78 is 5.25. The van der Waals surface area contributed by atoms with E-state index in [-0.39, 0.29) is 5.91 Å². The number of primary amides is 1. The lowest BCUT2D eigenvalue weighted by atomic mass is 10.0. The molecule has 1 aromatic rings. The van der Waals surface area contributed by atoms with Crippen LogP contribution in [-0.2, 0) is 4.79 Å². The van der Waals surface area contributed by atoms with Crippen LogP contribution in [-0.4, -0.2) is 5.91 Å². The van der Waals surface area contributed by atoms with E-state index >= 15 is 0 Å². The normalized spacial score (nSPS) is 12.4. The topological polar surface area (TPSA) is 56.2 Å². The molecule has 0 aliphatic heterocycles. The van der Waals surface area contributed by atoms with Crippen LogP contribution >= 0.6 is 0 Å². The fourth-order valence-corrected chi connectivity index (χ4v) is 1.52. The Morgan fingerprint density at radius 3 is 2.50 bits per heavy atom. The molecule has 0 radical (unpaired) electrons. The number of furan rings is 1. The van der Waals surface area contributed by atoms with Crippen molar-refractivity contribution >= 4 is 11.5 Å². The molecule has 76 valence electrons. The number of carbonyl (C=O) groups excluding carboxylic acids is 1. The van der Waals surface area contributed by atoms with Crippen molar-refractivity contribution in [2.45, 2.75) is 26.7 Å². The highest BCUT2D eigenvalue weighted by molar-refractivity contribution is 5.99. The molecule has 1 rings (SSSR count). The van der Waals surface area contributed by atoms with Gasteiger partial charge in [-0.1, -0.05) is 13.8 Å². The summed E-state index contributed by atoms with van der Waals surface area (Å²) in [4.78, 5) is 11.1. The molecule has 2 N–H and O–H groups in total. The third-order valence-electron chi connectivity index (χ3n) is 2.19. The van der Waals surface area contributed by atoms with E-state index in [9.17, 15) is 4.79 Å². The Labute approximate surface area is 83.6 Å². The van der Waals surface area contributed by atoms with Crippen LogP contribution in [0.25, 0.3) is 5.57 Å². The maximum Gasteiger partial charge on any atom is 0.245 e. The average molecular weight is 193 g/mol. The van der Waals surface area contributed by atoms with E-state index in [1.165, 1.54) is 0 Å². The first kappa shape index (κ1) is 10.6. The van der Waals surface area contributed by atoms with Crippen molar-refractivity contribution in [3.8, 4) is 0 Å². The third kappa shape index (κ3) is 2.05. The number of allylic oxidation sites excluding steroid dienone is 1. The molecule has 0 fully saturated rings. The van der Waals surface area contributed by atoms with Crippen LogP contribution in [0.4, 0.5) is 0 Å². The number of nitrogens with two attached hydrogens (primary N) is 1. The number of carbonyl (C=O) groups is 1. The van der Waals surface area contributed by atoms with Gasteiger partial charge in [-0.25, -0.2) is 0 Å². The van der Waals surface area contributed by atoms with E-state index < -0.39 is 0 Å². The Morgan fingerprint density at radius 2 is 2.14 bits per heavy atom. The molecule has 0 aliphatic rings. The van der Waals surface area contributed by atoms with E-state index in [0.29, 0.717) is 12.0 Å². The predicted molar refractivity (Wildman–Crippen MR) is 55.4 cm³/mol. The monoisotopic (exact) mass is 193 g/mol. The van der Waals surface area contributed by atoms with E-state index in [2.05, 4.69) is 0 Å². The quantitative estimate of drug-likeness (QED) is 0.746. The summed E-state index contributed by atoms with van der Waals surface area (Å²) in [6, 6.07) is 3.65. The molecule has 0 spiro atoms. The van der Waals surface area contributed by atoms with Gasteiger partial charge < -0.3 is 10.2 Å². The summed E-state index contributed by atoms with van der Waals surface area (Å²) in [5, 5.41) is 0. The summed E-state index contributed by atoms with van der Waals surface area (Å²) in [6.45, 7) is 3.90. The molecule has 3 nitrogen and oxygen atoms in total. The second-order valence-electron chi connectivity index (χ2n) is 3.01. The van der Waals surface area contributed by atoms with Crippen molar-refractivity contribution in [3.63, 3.8) is 0 Å². The molecule has 1 aromatic heterocycles. The highest BCUT2D eigenvalue weighted by atomic mass is 16.3. The molecule has 0 unspecified atom stereocenters. The fourth-order valence-electron chi connectivity index (χ4n) is 1.52. The van der Waals surface area contributed by atoms with Gasteiger partial charge in [0.2, 0.25) is 5.91 Å².